The van der Waals surface area contributed by atoms with Crippen molar-refractivity contribution in [2.24, 2.45) is 0 Å². The molecule has 0 saturated carbocycles. The number of esters is 1. The summed E-state index contributed by atoms with van der Waals surface area (Å²) in [5.74, 6) is -0.161. The molecule has 1 heterocycles. The fraction of sp³-hybridized carbons (Fsp3) is 0.833. The van der Waals surface area contributed by atoms with Crippen LogP contribution in [-0.2, 0) is 19.1 Å². The van der Waals surface area contributed by atoms with E-state index in [9.17, 15) is 9.59 Å². The van der Waals surface area contributed by atoms with Gasteiger partial charge in [-0.3, -0.25) is 14.5 Å². The number of methoxy groups -OCH3 is 2. The largest absolute Gasteiger partial charge is 0.469 e. The first-order valence-electron chi connectivity index (χ1n) is 6.19. The molecule has 0 spiro atoms. The molecule has 104 valence electrons. The lowest BCUT2D eigenvalue weighted by atomic mass is 10.2. The van der Waals surface area contributed by atoms with Crippen LogP contribution in [0.5, 0.6) is 0 Å². The zero-order valence-electron chi connectivity index (χ0n) is 11.3. The smallest absolute Gasteiger partial charge is 0.306 e. The van der Waals surface area contributed by atoms with Crippen molar-refractivity contribution < 1.29 is 19.1 Å². The first-order chi connectivity index (χ1) is 8.58. The second kappa shape index (κ2) is 7.33. The Morgan fingerprint density at radius 2 is 1.78 bits per heavy atom. The average molecular weight is 258 g/mol. The molecule has 0 radical (unpaired) electrons. The van der Waals surface area contributed by atoms with E-state index in [0.29, 0.717) is 26.1 Å². The minimum Gasteiger partial charge on any atom is -0.469 e. The number of amides is 1. The zero-order valence-corrected chi connectivity index (χ0v) is 11.3. The van der Waals surface area contributed by atoms with Gasteiger partial charge in [0, 0.05) is 39.8 Å². The minimum atomic E-state index is -0.383. The molecule has 6 nitrogen and oxygen atoms in total. The zero-order chi connectivity index (χ0) is 13.5. The number of rotatable bonds is 5. The van der Waals surface area contributed by atoms with Crippen molar-refractivity contribution in [2.75, 3.05) is 46.9 Å². The van der Waals surface area contributed by atoms with E-state index < -0.39 is 0 Å². The Labute approximate surface area is 108 Å². The third-order valence-corrected chi connectivity index (χ3v) is 3.25. The Balaban J connectivity index is 2.28. The second-order valence-corrected chi connectivity index (χ2v) is 4.37. The summed E-state index contributed by atoms with van der Waals surface area (Å²) in [6, 6.07) is 0. The van der Waals surface area contributed by atoms with Crippen molar-refractivity contribution >= 4 is 11.9 Å². The van der Waals surface area contributed by atoms with Gasteiger partial charge in [-0.15, -0.1) is 0 Å². The monoisotopic (exact) mass is 258 g/mol. The van der Waals surface area contributed by atoms with Crippen LogP contribution in [-0.4, -0.2) is 74.7 Å². The average Bonchev–Trinajstić information content (AvgIpc) is 2.43. The Kier molecular flexibility index (Phi) is 6.07. The van der Waals surface area contributed by atoms with E-state index >= 15 is 0 Å². The van der Waals surface area contributed by atoms with Gasteiger partial charge in [0.1, 0.15) is 6.10 Å². The number of hydrogen-bond acceptors (Lipinski definition) is 5. The molecule has 0 N–H and O–H groups in total. The van der Waals surface area contributed by atoms with Crippen LogP contribution >= 0.6 is 0 Å². The first-order valence-corrected chi connectivity index (χ1v) is 6.19. The van der Waals surface area contributed by atoms with Crippen LogP contribution in [0.3, 0.4) is 0 Å². The highest BCUT2D eigenvalue weighted by molar-refractivity contribution is 5.80. The number of ether oxygens (including phenoxy) is 2. The molecule has 1 atom stereocenters. The molecule has 0 aromatic heterocycles. The van der Waals surface area contributed by atoms with Crippen LogP contribution in [0, 0.1) is 0 Å². The number of piperazine rings is 1. The summed E-state index contributed by atoms with van der Waals surface area (Å²) in [4.78, 5) is 26.9. The molecular weight excluding hydrogens is 236 g/mol. The molecule has 0 aromatic carbocycles. The summed E-state index contributed by atoms with van der Waals surface area (Å²) in [6.07, 6.45) is 0.0189. The minimum absolute atomic E-state index is 0.0325. The maximum absolute atomic E-state index is 11.9. The van der Waals surface area contributed by atoms with E-state index in [-0.39, 0.29) is 18.0 Å². The van der Waals surface area contributed by atoms with Crippen molar-refractivity contribution in [3.63, 3.8) is 0 Å². The Morgan fingerprint density at radius 1 is 1.17 bits per heavy atom. The lowest BCUT2D eigenvalue weighted by molar-refractivity contribution is -0.144. The summed E-state index contributed by atoms with van der Waals surface area (Å²) in [6.45, 7) is 5.40. The third-order valence-electron chi connectivity index (χ3n) is 3.25. The van der Waals surface area contributed by atoms with Gasteiger partial charge in [-0.2, -0.15) is 0 Å². The Morgan fingerprint density at radius 3 is 2.28 bits per heavy atom. The maximum Gasteiger partial charge on any atom is 0.306 e. The van der Waals surface area contributed by atoms with Gasteiger partial charge in [-0.05, 0) is 6.92 Å². The Bertz CT molecular complexity index is 288. The number of carbonyl (C=O) groups is 2. The van der Waals surface area contributed by atoms with Gasteiger partial charge in [0.15, 0.2) is 0 Å². The van der Waals surface area contributed by atoms with Crippen molar-refractivity contribution in [2.45, 2.75) is 19.4 Å². The fourth-order valence-electron chi connectivity index (χ4n) is 1.90. The molecule has 0 aromatic rings. The molecule has 1 fully saturated rings. The molecule has 1 aliphatic rings. The molecule has 1 rings (SSSR count). The summed E-state index contributed by atoms with van der Waals surface area (Å²) in [7, 11) is 2.93. The number of nitrogens with zero attached hydrogens (tertiary/aromatic N) is 2. The highest BCUT2D eigenvalue weighted by Gasteiger charge is 2.24. The predicted molar refractivity (Wildman–Crippen MR) is 66.1 cm³/mol. The lowest BCUT2D eigenvalue weighted by Gasteiger charge is -2.35. The number of hydrogen-bond donors (Lipinski definition) is 0. The second-order valence-electron chi connectivity index (χ2n) is 4.37. The van der Waals surface area contributed by atoms with E-state index in [1.807, 2.05) is 4.90 Å². The van der Waals surface area contributed by atoms with Crippen LogP contribution in [0.1, 0.15) is 13.3 Å². The van der Waals surface area contributed by atoms with E-state index in [2.05, 4.69) is 9.64 Å². The third kappa shape index (κ3) is 4.27. The molecule has 1 saturated heterocycles. The predicted octanol–water partition coefficient (Wildman–Crippen LogP) is -0.271. The molecule has 0 aliphatic carbocycles. The fourth-order valence-corrected chi connectivity index (χ4v) is 1.90. The van der Waals surface area contributed by atoms with Gasteiger partial charge in [0.2, 0.25) is 0 Å². The summed E-state index contributed by atoms with van der Waals surface area (Å²) >= 11 is 0. The summed E-state index contributed by atoms with van der Waals surface area (Å²) < 4.78 is 9.62. The molecule has 0 bridgehead atoms. The quantitative estimate of drug-likeness (QED) is 0.635. The number of carbonyl (C=O) groups excluding carboxylic acids is 2. The van der Waals surface area contributed by atoms with Crippen molar-refractivity contribution in [3.05, 3.63) is 0 Å². The van der Waals surface area contributed by atoms with Gasteiger partial charge in [-0.1, -0.05) is 0 Å². The Hall–Kier alpha value is -1.14. The van der Waals surface area contributed by atoms with Crippen LogP contribution < -0.4 is 0 Å². The SMILES string of the molecule is COC(=O)CCN1CCN(C(=O)C(C)OC)CC1. The lowest BCUT2D eigenvalue weighted by Crippen LogP contribution is -2.51. The summed E-state index contributed by atoms with van der Waals surface area (Å²) in [5, 5.41) is 0. The van der Waals surface area contributed by atoms with Crippen LogP contribution in [0.15, 0.2) is 0 Å². The molecule has 18 heavy (non-hydrogen) atoms. The maximum atomic E-state index is 11.9. The highest BCUT2D eigenvalue weighted by Crippen LogP contribution is 2.06. The van der Waals surface area contributed by atoms with E-state index in [1.54, 1.807) is 6.92 Å². The van der Waals surface area contributed by atoms with Crippen molar-refractivity contribution in [1.29, 1.82) is 0 Å². The standard InChI is InChI=1S/C12H22N2O4/c1-10(17-2)12(16)14-8-6-13(7-9-14)5-4-11(15)18-3/h10H,4-9H2,1-3H3. The van der Waals surface area contributed by atoms with Gasteiger partial charge in [0.25, 0.3) is 5.91 Å². The first kappa shape index (κ1) is 14.9. The van der Waals surface area contributed by atoms with Gasteiger partial charge < -0.3 is 14.4 Å². The van der Waals surface area contributed by atoms with E-state index in [0.717, 1.165) is 13.1 Å². The van der Waals surface area contributed by atoms with E-state index in [1.165, 1.54) is 14.2 Å². The molecular formula is C12H22N2O4. The van der Waals surface area contributed by atoms with Crippen LogP contribution in [0.2, 0.25) is 0 Å². The van der Waals surface area contributed by atoms with Gasteiger partial charge in [-0.25, -0.2) is 0 Å². The van der Waals surface area contributed by atoms with Crippen LogP contribution in [0.25, 0.3) is 0 Å². The normalized spacial score (nSPS) is 18.5. The molecule has 1 amide bonds. The van der Waals surface area contributed by atoms with Crippen molar-refractivity contribution in [1.82, 2.24) is 9.80 Å². The van der Waals surface area contributed by atoms with Crippen LogP contribution in [0.4, 0.5) is 0 Å². The highest BCUT2D eigenvalue weighted by atomic mass is 16.5. The van der Waals surface area contributed by atoms with E-state index in [4.69, 9.17) is 4.74 Å². The molecule has 1 unspecified atom stereocenters. The summed E-state index contributed by atoms with van der Waals surface area (Å²) in [5.41, 5.74) is 0. The van der Waals surface area contributed by atoms with Gasteiger partial charge >= 0.3 is 5.97 Å². The topological polar surface area (TPSA) is 59.1 Å². The molecule has 1 aliphatic heterocycles. The molecule has 6 heteroatoms. The van der Waals surface area contributed by atoms with Crippen molar-refractivity contribution in [3.8, 4) is 0 Å². The van der Waals surface area contributed by atoms with Gasteiger partial charge in [0.05, 0.1) is 13.5 Å².